The third-order valence-corrected chi connectivity index (χ3v) is 21.5. The largest absolute Gasteiger partial charge is 0.472 e. The van der Waals surface area contributed by atoms with Crippen molar-refractivity contribution < 1.29 is 75.8 Å². The molecule has 0 amide bonds. The lowest BCUT2D eigenvalue weighted by Crippen LogP contribution is -2.30. The van der Waals surface area contributed by atoms with Crippen molar-refractivity contribution in [3.05, 3.63) is 182 Å². The minimum atomic E-state index is -4.96. The molecule has 0 aliphatic carbocycles. The Morgan fingerprint density at radius 1 is 0.244 bits per heavy atom. The maximum atomic E-state index is 13.0. The molecule has 0 bridgehead atoms. The highest BCUT2D eigenvalue weighted by Gasteiger charge is 2.29. The van der Waals surface area contributed by atoms with Crippen LogP contribution in [0.3, 0.4) is 0 Å². The molecule has 16 nitrogen and oxygen atoms in total. The van der Waals surface area contributed by atoms with Crippen LogP contribution in [-0.2, 0) is 55.8 Å². The van der Waals surface area contributed by atoms with Crippen molar-refractivity contribution in [2.45, 2.75) is 399 Å². The Bertz CT molecular complexity index is 2890. The molecule has 0 spiro atoms. The van der Waals surface area contributed by atoms with Gasteiger partial charge in [0.25, 0.3) is 0 Å². The van der Waals surface area contributed by atoms with Crippen LogP contribution < -0.4 is 0 Å². The van der Waals surface area contributed by atoms with Gasteiger partial charge in [0.2, 0.25) is 0 Å². The Hall–Kier alpha value is -5.35. The first-order valence-electron chi connectivity index (χ1n) is 47.1. The summed E-state index contributed by atoms with van der Waals surface area (Å²) in [6.07, 6.45) is 121. The van der Waals surface area contributed by atoms with Crippen molar-refractivity contribution in [2.24, 2.45) is 0 Å². The second-order valence-corrected chi connectivity index (χ2v) is 34.0. The number of rotatable bonds is 88. The van der Waals surface area contributed by atoms with Crippen molar-refractivity contribution in [3.63, 3.8) is 0 Å². The molecule has 0 aromatic carbocycles. The van der Waals surface area contributed by atoms with Gasteiger partial charge < -0.3 is 34.2 Å². The van der Waals surface area contributed by atoms with Gasteiger partial charge in [-0.2, -0.15) is 0 Å². The van der Waals surface area contributed by atoms with Crippen LogP contribution in [0, 0.1) is 0 Å². The predicted octanol–water partition coefficient (Wildman–Crippen LogP) is 29.2. The Kier molecular flexibility index (Phi) is 87.7. The van der Waals surface area contributed by atoms with Gasteiger partial charge in [0, 0.05) is 19.3 Å². The van der Waals surface area contributed by atoms with Gasteiger partial charge in [0.05, 0.1) is 26.4 Å². The molecule has 0 radical (unpaired) electrons. The molecule has 0 aliphatic rings. The molecular formula is C101H170O16P2. The van der Waals surface area contributed by atoms with Gasteiger partial charge in [-0.3, -0.25) is 32.5 Å². The van der Waals surface area contributed by atoms with Gasteiger partial charge >= 0.3 is 33.6 Å². The van der Waals surface area contributed by atoms with Crippen LogP contribution in [0.4, 0.5) is 0 Å². The third-order valence-electron chi connectivity index (χ3n) is 19.6. The summed E-state index contributed by atoms with van der Waals surface area (Å²) in [6, 6.07) is 0. The summed E-state index contributed by atoms with van der Waals surface area (Å²) < 4.78 is 61.4. The van der Waals surface area contributed by atoms with Gasteiger partial charge in [-0.25, -0.2) is 9.13 Å². The predicted molar refractivity (Wildman–Crippen MR) is 500 cm³/mol. The van der Waals surface area contributed by atoms with E-state index in [0.29, 0.717) is 19.3 Å². The minimum absolute atomic E-state index is 0.0589. The van der Waals surface area contributed by atoms with E-state index in [1.807, 2.05) is 0 Å². The number of aliphatic hydroxyl groups is 2. The van der Waals surface area contributed by atoms with Crippen LogP contribution in [0.2, 0.25) is 0 Å². The Balaban J connectivity index is 4.53. The van der Waals surface area contributed by atoms with Crippen LogP contribution >= 0.6 is 15.6 Å². The highest BCUT2D eigenvalue weighted by Crippen LogP contribution is 2.45. The monoisotopic (exact) mass is 1700 g/mol. The lowest BCUT2D eigenvalue weighted by molar-refractivity contribution is -0.161. The van der Waals surface area contributed by atoms with Crippen LogP contribution in [-0.4, -0.2) is 95.9 Å². The Morgan fingerprint density at radius 2 is 0.445 bits per heavy atom. The first-order chi connectivity index (χ1) is 58.2. The molecule has 18 heteroatoms. The zero-order chi connectivity index (χ0) is 86.5. The quantitative estimate of drug-likeness (QED) is 0.0146. The van der Waals surface area contributed by atoms with E-state index in [4.69, 9.17) is 32.3 Å². The van der Waals surface area contributed by atoms with Crippen molar-refractivity contribution in [1.82, 2.24) is 0 Å². The molecule has 5 atom stereocenters. The van der Waals surface area contributed by atoms with Crippen LogP contribution in [0.5, 0.6) is 0 Å². The van der Waals surface area contributed by atoms with Gasteiger partial charge in [0.1, 0.15) is 25.4 Å². The maximum Gasteiger partial charge on any atom is 0.472 e. The fourth-order valence-electron chi connectivity index (χ4n) is 12.5. The van der Waals surface area contributed by atoms with Crippen molar-refractivity contribution in [1.29, 1.82) is 0 Å². The normalized spacial score (nSPS) is 14.6. The number of carbonyl (C=O) groups is 3. The Labute approximate surface area is 725 Å². The zero-order valence-electron chi connectivity index (χ0n) is 75.0. The number of unbranched alkanes of at least 4 members (excludes halogenated alkanes) is 35. The molecule has 0 aliphatic heterocycles. The Morgan fingerprint density at radius 3 is 0.714 bits per heavy atom. The molecule has 5 unspecified atom stereocenters. The van der Waals surface area contributed by atoms with Crippen molar-refractivity contribution in [2.75, 3.05) is 39.6 Å². The van der Waals surface area contributed by atoms with Gasteiger partial charge in [-0.05, 0) is 161 Å². The summed E-state index contributed by atoms with van der Waals surface area (Å²) in [5, 5.41) is 20.7. The molecule has 119 heavy (non-hydrogen) atoms. The number of hydrogen-bond acceptors (Lipinski definition) is 14. The summed E-state index contributed by atoms with van der Waals surface area (Å²) in [5.41, 5.74) is 0. The second-order valence-electron chi connectivity index (χ2n) is 31.0. The molecule has 0 saturated heterocycles. The molecule has 0 rings (SSSR count). The number of aliphatic hydroxyl groups excluding tert-OH is 2. The third kappa shape index (κ3) is 93.2. The second kappa shape index (κ2) is 91.8. The summed E-state index contributed by atoms with van der Waals surface area (Å²) in [6.45, 7) is 2.41. The highest BCUT2D eigenvalue weighted by atomic mass is 31.2. The van der Waals surface area contributed by atoms with E-state index in [1.54, 1.807) is 0 Å². The molecular weight excluding hydrogens is 1530 g/mol. The van der Waals surface area contributed by atoms with E-state index in [2.05, 4.69) is 203 Å². The first-order valence-corrected chi connectivity index (χ1v) is 50.1. The topological polar surface area (TPSA) is 231 Å². The smallest absolute Gasteiger partial charge is 0.463 e. The number of allylic oxidation sites excluding steroid dienone is 30. The van der Waals surface area contributed by atoms with E-state index in [1.165, 1.54) is 161 Å². The highest BCUT2D eigenvalue weighted by molar-refractivity contribution is 7.47. The number of phosphoric ester groups is 2. The maximum absolute atomic E-state index is 13.0. The van der Waals surface area contributed by atoms with Crippen molar-refractivity contribution >= 4 is 33.6 Å². The summed E-state index contributed by atoms with van der Waals surface area (Å²) in [5.74, 6) is -1.61. The van der Waals surface area contributed by atoms with E-state index < -0.39 is 91.5 Å². The fraction of sp³-hybridized carbons (Fsp3) is 0.673. The average Bonchev–Trinajstić information content (AvgIpc) is 0.902. The van der Waals surface area contributed by atoms with Crippen LogP contribution in [0.1, 0.15) is 380 Å². The molecule has 0 aromatic rings. The van der Waals surface area contributed by atoms with Gasteiger partial charge in [-0.1, -0.05) is 383 Å². The first kappa shape index (κ1) is 114. The number of ether oxygens (including phenoxy) is 3. The molecule has 0 fully saturated rings. The summed E-state index contributed by atoms with van der Waals surface area (Å²) >= 11 is 0. The SMILES string of the molecule is CC/C=C\C/C=C\C/C=C\C/C=C\C/C=C\C/C=C\CCCCCCCCCCCCC(=O)OCC(COP(=O)(O)OCC(O)COP(=O)(O)OCC(O)COC(=O)CCCCCCCCCCCCCCCCCCCCC/C=C\C/C=C\C/C=C\C/C=C\CCCCC)OC(=O)CCCCC/C=C\C/C=C\C/C=C\C/C=C\C/C=C\CC. The molecule has 680 valence electrons. The minimum Gasteiger partial charge on any atom is -0.463 e. The standard InChI is InChI=1S/C101H170O16P2/c1-4-7-10-13-16-19-22-25-28-31-34-36-38-40-42-44-45-46-47-48-49-51-53-54-56-58-61-63-66-69-72-75-78-81-84-87-99(104)111-90-96(102)91-113-118(107,108)114-92-97(103)93-115-119(109,110)116-95-98(117-101(106)89-86-83-80-77-74-71-68-65-60-33-30-27-24-21-18-15-12-9-6-3)94-112-100(105)88-85-82-79-76-73-70-67-64-62-59-57-55-52-50-43-41-39-37-35-32-29-26-23-20-17-14-11-8-5-2/h8-9,11-12,16-21,25-30,34-37,40-43,52,55,60,65,71,74,96-98,102-103H,4-7,10,13-15,22-24,31-33,38-39,44-51,53-54,56-59,61-64,66-70,72-73,75-95H2,1-3H3,(H,107,108)(H,109,110)/b11-8-,12-9-,19-16-,20-17-,21-18-,28-25-,29-26-,30-27-,36-34-,37-35-,42-40-,43-41-,55-52-,65-60-,74-71-. The molecule has 0 aromatic heterocycles. The van der Waals surface area contributed by atoms with Gasteiger partial charge in [0.15, 0.2) is 6.10 Å². The molecule has 0 heterocycles. The summed E-state index contributed by atoms with van der Waals surface area (Å²) in [4.78, 5) is 59.0. The fourth-order valence-corrected chi connectivity index (χ4v) is 14.1. The number of phosphoric acid groups is 2. The zero-order valence-corrected chi connectivity index (χ0v) is 76.8. The van der Waals surface area contributed by atoms with Gasteiger partial charge in [-0.15, -0.1) is 0 Å². The number of hydrogen-bond donors (Lipinski definition) is 4. The van der Waals surface area contributed by atoms with E-state index in [0.717, 1.165) is 161 Å². The van der Waals surface area contributed by atoms with Crippen LogP contribution in [0.15, 0.2) is 182 Å². The molecule has 4 N–H and O–H groups in total. The van der Waals surface area contributed by atoms with Crippen molar-refractivity contribution in [3.8, 4) is 0 Å². The number of carbonyl (C=O) groups excluding carboxylic acids is 3. The number of esters is 3. The average molecular weight is 1700 g/mol. The van der Waals surface area contributed by atoms with Crippen LogP contribution in [0.25, 0.3) is 0 Å². The molecule has 0 saturated carbocycles. The summed E-state index contributed by atoms with van der Waals surface area (Å²) in [7, 11) is -9.83. The lowest BCUT2D eigenvalue weighted by Gasteiger charge is -2.21. The van der Waals surface area contributed by atoms with E-state index in [-0.39, 0.29) is 19.3 Å². The van der Waals surface area contributed by atoms with E-state index >= 15 is 0 Å². The van der Waals surface area contributed by atoms with E-state index in [9.17, 15) is 43.5 Å². The lowest BCUT2D eigenvalue weighted by atomic mass is 10.0.